The largest absolute Gasteiger partial charge is 0.497 e. The number of amides is 1. The molecule has 110 valence electrons. The normalized spacial score (nSPS) is 10.1. The second-order valence-electron chi connectivity index (χ2n) is 4.44. The average Bonchev–Trinajstić information content (AvgIpc) is 2.49. The number of hydrogen-bond acceptors (Lipinski definition) is 4. The van der Waals surface area contributed by atoms with Crippen LogP contribution in [0.2, 0.25) is 5.02 Å². The van der Waals surface area contributed by atoms with Gasteiger partial charge in [0.25, 0.3) is 5.91 Å². The first kappa shape index (κ1) is 15.1. The highest BCUT2D eigenvalue weighted by atomic mass is 35.5. The molecular weight excluding hydrogens is 290 g/mol. The monoisotopic (exact) mass is 305 g/mol. The number of ether oxygens (including phenoxy) is 1. The molecule has 1 amide bonds. The van der Waals surface area contributed by atoms with Crippen molar-refractivity contribution in [2.24, 2.45) is 0 Å². The summed E-state index contributed by atoms with van der Waals surface area (Å²) in [4.78, 5) is 16.3. The van der Waals surface area contributed by atoms with Gasteiger partial charge in [0.2, 0.25) is 0 Å². The fraction of sp³-hybridized carbons (Fsp3) is 0.200. The number of halogens is 1. The summed E-state index contributed by atoms with van der Waals surface area (Å²) in [5, 5.41) is 6.07. The van der Waals surface area contributed by atoms with E-state index >= 15 is 0 Å². The van der Waals surface area contributed by atoms with Crippen LogP contribution in [0.15, 0.2) is 30.5 Å². The lowest BCUT2D eigenvalue weighted by molar-refractivity contribution is 0.102. The average molecular weight is 306 g/mol. The van der Waals surface area contributed by atoms with Gasteiger partial charge in [-0.25, -0.2) is 4.98 Å². The minimum absolute atomic E-state index is 0.264. The number of aromatic nitrogens is 1. The molecule has 0 unspecified atom stereocenters. The van der Waals surface area contributed by atoms with Gasteiger partial charge < -0.3 is 15.4 Å². The van der Waals surface area contributed by atoms with E-state index in [1.807, 2.05) is 13.0 Å². The number of pyridine rings is 1. The SMILES string of the molecule is CNc1ncc(C(=O)Nc2ccc(OC)cc2C)cc1Cl. The maximum Gasteiger partial charge on any atom is 0.257 e. The molecule has 5 nitrogen and oxygen atoms in total. The number of nitrogens with zero attached hydrogens (tertiary/aromatic N) is 1. The van der Waals surface area contributed by atoms with E-state index in [-0.39, 0.29) is 5.91 Å². The molecule has 0 saturated heterocycles. The maximum atomic E-state index is 12.2. The lowest BCUT2D eigenvalue weighted by atomic mass is 10.1. The Morgan fingerprint density at radius 3 is 2.67 bits per heavy atom. The Kier molecular flexibility index (Phi) is 4.65. The smallest absolute Gasteiger partial charge is 0.257 e. The summed E-state index contributed by atoms with van der Waals surface area (Å²) in [7, 11) is 3.32. The molecular formula is C15H16ClN3O2. The van der Waals surface area contributed by atoms with Crippen LogP contribution in [-0.2, 0) is 0 Å². The molecule has 21 heavy (non-hydrogen) atoms. The summed E-state index contributed by atoms with van der Waals surface area (Å²) in [6, 6.07) is 7.01. The molecule has 2 rings (SSSR count). The van der Waals surface area contributed by atoms with Crippen molar-refractivity contribution in [2.45, 2.75) is 6.92 Å². The molecule has 0 atom stereocenters. The van der Waals surface area contributed by atoms with Crippen LogP contribution in [0.3, 0.4) is 0 Å². The summed E-state index contributed by atoms with van der Waals surface area (Å²) in [6.45, 7) is 1.90. The van der Waals surface area contributed by atoms with Gasteiger partial charge in [0.05, 0.1) is 17.7 Å². The number of carbonyl (C=O) groups is 1. The first-order chi connectivity index (χ1) is 10.0. The van der Waals surface area contributed by atoms with Crippen LogP contribution in [0.5, 0.6) is 5.75 Å². The summed E-state index contributed by atoms with van der Waals surface area (Å²) in [6.07, 6.45) is 1.48. The van der Waals surface area contributed by atoms with Gasteiger partial charge in [-0.3, -0.25) is 4.79 Å². The van der Waals surface area contributed by atoms with Crippen molar-refractivity contribution in [3.05, 3.63) is 46.6 Å². The Morgan fingerprint density at radius 1 is 1.33 bits per heavy atom. The van der Waals surface area contributed by atoms with Gasteiger partial charge in [0, 0.05) is 18.9 Å². The van der Waals surface area contributed by atoms with E-state index < -0.39 is 0 Å². The molecule has 0 aliphatic carbocycles. The molecule has 0 aliphatic rings. The molecule has 0 aliphatic heterocycles. The Labute approximate surface area is 128 Å². The summed E-state index contributed by atoms with van der Waals surface area (Å²) in [5.74, 6) is 1.02. The molecule has 1 heterocycles. The molecule has 6 heteroatoms. The molecule has 0 radical (unpaired) electrons. The van der Waals surface area contributed by atoms with Crippen molar-refractivity contribution in [3.63, 3.8) is 0 Å². The Morgan fingerprint density at radius 2 is 2.10 bits per heavy atom. The Bertz CT molecular complexity index is 674. The number of hydrogen-bond donors (Lipinski definition) is 2. The molecule has 0 saturated carbocycles. The zero-order chi connectivity index (χ0) is 15.4. The van der Waals surface area contributed by atoms with Crippen LogP contribution >= 0.6 is 11.6 Å². The quantitative estimate of drug-likeness (QED) is 0.909. The van der Waals surface area contributed by atoms with Crippen molar-refractivity contribution in [2.75, 3.05) is 24.8 Å². The van der Waals surface area contributed by atoms with Crippen LogP contribution in [0.1, 0.15) is 15.9 Å². The Hall–Kier alpha value is -2.27. The number of anilines is 2. The van der Waals surface area contributed by atoms with Crippen LogP contribution in [-0.4, -0.2) is 25.0 Å². The molecule has 0 fully saturated rings. The van der Waals surface area contributed by atoms with Crippen LogP contribution in [0.4, 0.5) is 11.5 Å². The van der Waals surface area contributed by atoms with Crippen molar-refractivity contribution in [1.29, 1.82) is 0 Å². The third kappa shape index (κ3) is 3.44. The lowest BCUT2D eigenvalue weighted by Crippen LogP contribution is -2.13. The highest BCUT2D eigenvalue weighted by molar-refractivity contribution is 6.33. The molecule has 0 bridgehead atoms. The van der Waals surface area contributed by atoms with E-state index in [4.69, 9.17) is 16.3 Å². The zero-order valence-electron chi connectivity index (χ0n) is 12.0. The predicted molar refractivity (Wildman–Crippen MR) is 84.5 cm³/mol. The second kappa shape index (κ2) is 6.45. The third-order valence-electron chi connectivity index (χ3n) is 3.02. The van der Waals surface area contributed by atoms with Gasteiger partial charge in [0.15, 0.2) is 0 Å². The summed E-state index contributed by atoms with van der Waals surface area (Å²) in [5.41, 5.74) is 2.03. The number of aryl methyl sites for hydroxylation is 1. The van der Waals surface area contributed by atoms with E-state index in [0.29, 0.717) is 16.4 Å². The topological polar surface area (TPSA) is 63.2 Å². The van der Waals surface area contributed by atoms with E-state index in [1.54, 1.807) is 32.4 Å². The number of rotatable bonds is 4. The minimum atomic E-state index is -0.264. The molecule has 0 spiro atoms. The minimum Gasteiger partial charge on any atom is -0.497 e. The molecule has 1 aromatic carbocycles. The van der Waals surface area contributed by atoms with E-state index in [2.05, 4.69) is 15.6 Å². The number of methoxy groups -OCH3 is 1. The third-order valence-corrected chi connectivity index (χ3v) is 3.31. The van der Waals surface area contributed by atoms with Gasteiger partial charge >= 0.3 is 0 Å². The van der Waals surface area contributed by atoms with E-state index in [1.165, 1.54) is 6.20 Å². The standard InChI is InChI=1S/C15H16ClN3O2/c1-9-6-11(21-3)4-5-13(9)19-15(20)10-7-12(16)14(17-2)18-8-10/h4-8H,1-3H3,(H,17,18)(H,19,20). The van der Waals surface area contributed by atoms with Crippen LogP contribution < -0.4 is 15.4 Å². The first-order valence-electron chi connectivity index (χ1n) is 6.34. The summed E-state index contributed by atoms with van der Waals surface area (Å²) < 4.78 is 5.13. The number of benzene rings is 1. The van der Waals surface area contributed by atoms with Crippen molar-refractivity contribution >= 4 is 29.0 Å². The van der Waals surface area contributed by atoms with E-state index in [0.717, 1.165) is 17.0 Å². The molecule has 2 N–H and O–H groups in total. The fourth-order valence-electron chi connectivity index (χ4n) is 1.84. The Balaban J connectivity index is 2.20. The summed E-state index contributed by atoms with van der Waals surface area (Å²) >= 11 is 6.03. The number of nitrogens with one attached hydrogen (secondary N) is 2. The van der Waals surface area contributed by atoms with Gasteiger partial charge in [-0.1, -0.05) is 11.6 Å². The fourth-order valence-corrected chi connectivity index (χ4v) is 2.10. The lowest BCUT2D eigenvalue weighted by Gasteiger charge is -2.10. The highest BCUT2D eigenvalue weighted by Gasteiger charge is 2.11. The van der Waals surface area contributed by atoms with Crippen molar-refractivity contribution in [3.8, 4) is 5.75 Å². The van der Waals surface area contributed by atoms with Crippen molar-refractivity contribution < 1.29 is 9.53 Å². The van der Waals surface area contributed by atoms with E-state index in [9.17, 15) is 4.79 Å². The van der Waals surface area contributed by atoms with Crippen LogP contribution in [0.25, 0.3) is 0 Å². The van der Waals surface area contributed by atoms with Crippen LogP contribution in [0, 0.1) is 6.92 Å². The van der Waals surface area contributed by atoms with Crippen molar-refractivity contribution in [1.82, 2.24) is 4.98 Å². The second-order valence-corrected chi connectivity index (χ2v) is 4.85. The van der Waals surface area contributed by atoms with Gasteiger partial charge in [-0.2, -0.15) is 0 Å². The predicted octanol–water partition coefficient (Wildman–Crippen LogP) is 3.35. The van der Waals surface area contributed by atoms with Gasteiger partial charge in [0.1, 0.15) is 11.6 Å². The molecule has 1 aromatic heterocycles. The van der Waals surface area contributed by atoms with Gasteiger partial charge in [-0.05, 0) is 36.8 Å². The zero-order valence-corrected chi connectivity index (χ0v) is 12.8. The maximum absolute atomic E-state index is 12.2. The van der Waals surface area contributed by atoms with Gasteiger partial charge in [-0.15, -0.1) is 0 Å². The first-order valence-corrected chi connectivity index (χ1v) is 6.72. The highest BCUT2D eigenvalue weighted by Crippen LogP contribution is 2.23. The molecule has 2 aromatic rings. The number of carbonyl (C=O) groups excluding carboxylic acids is 1.